The van der Waals surface area contributed by atoms with Gasteiger partial charge >= 0.3 is 5.97 Å². The molecule has 0 unspecified atom stereocenters. The normalized spacial score (nSPS) is 17.1. The van der Waals surface area contributed by atoms with E-state index < -0.39 is 5.97 Å². The fourth-order valence-corrected chi connectivity index (χ4v) is 2.79. The van der Waals surface area contributed by atoms with Gasteiger partial charge in [0.15, 0.2) is 0 Å². The van der Waals surface area contributed by atoms with Crippen molar-refractivity contribution in [1.82, 2.24) is 4.90 Å². The lowest BCUT2D eigenvalue weighted by Crippen LogP contribution is -2.33. The zero-order valence-corrected chi connectivity index (χ0v) is 12.0. The van der Waals surface area contributed by atoms with Gasteiger partial charge in [0.2, 0.25) is 0 Å². The highest BCUT2D eigenvalue weighted by atomic mass is 16.5. The van der Waals surface area contributed by atoms with Crippen molar-refractivity contribution in [3.63, 3.8) is 0 Å². The smallest absolute Gasteiger partial charge is 0.303 e. The van der Waals surface area contributed by atoms with Crippen molar-refractivity contribution in [2.45, 2.75) is 32.2 Å². The summed E-state index contributed by atoms with van der Waals surface area (Å²) in [6.07, 6.45) is 3.34. The van der Waals surface area contributed by atoms with Gasteiger partial charge in [-0.05, 0) is 56.0 Å². The first-order chi connectivity index (χ1) is 9.67. The van der Waals surface area contributed by atoms with Gasteiger partial charge in [-0.1, -0.05) is 12.1 Å². The van der Waals surface area contributed by atoms with Crippen LogP contribution >= 0.6 is 0 Å². The summed E-state index contributed by atoms with van der Waals surface area (Å²) in [5.74, 6) is 0.801. The molecule has 4 heteroatoms. The van der Waals surface area contributed by atoms with E-state index in [-0.39, 0.29) is 0 Å². The third kappa shape index (κ3) is 4.53. The van der Waals surface area contributed by atoms with E-state index in [4.69, 9.17) is 9.84 Å². The Balaban J connectivity index is 1.77. The lowest BCUT2D eigenvalue weighted by molar-refractivity contribution is -0.137. The number of piperidine rings is 1. The maximum absolute atomic E-state index is 10.6. The summed E-state index contributed by atoms with van der Waals surface area (Å²) in [6.45, 7) is 3.06. The van der Waals surface area contributed by atoms with Gasteiger partial charge in [0, 0.05) is 13.0 Å². The van der Waals surface area contributed by atoms with Crippen LogP contribution in [0.4, 0.5) is 0 Å². The zero-order chi connectivity index (χ0) is 14.4. The molecule has 0 amide bonds. The Hall–Kier alpha value is -1.55. The number of methoxy groups -OCH3 is 1. The second kappa shape index (κ2) is 7.29. The molecule has 0 aromatic heterocycles. The molecule has 110 valence electrons. The fourth-order valence-electron chi connectivity index (χ4n) is 2.79. The average molecular weight is 277 g/mol. The Bertz CT molecular complexity index is 439. The van der Waals surface area contributed by atoms with Gasteiger partial charge in [0.25, 0.3) is 0 Å². The van der Waals surface area contributed by atoms with Crippen molar-refractivity contribution in [2.75, 3.05) is 20.2 Å². The first-order valence-electron chi connectivity index (χ1n) is 7.24. The van der Waals surface area contributed by atoms with Crippen LogP contribution in [0.15, 0.2) is 24.3 Å². The molecule has 1 aromatic carbocycles. The average Bonchev–Trinajstić information content (AvgIpc) is 2.47. The molecule has 0 radical (unpaired) electrons. The molecule has 4 nitrogen and oxygen atoms in total. The summed E-state index contributed by atoms with van der Waals surface area (Å²) in [5, 5.41) is 8.72. The maximum atomic E-state index is 10.6. The topological polar surface area (TPSA) is 49.8 Å². The van der Waals surface area contributed by atoms with Crippen LogP contribution < -0.4 is 4.74 Å². The van der Waals surface area contributed by atoms with Gasteiger partial charge in [-0.2, -0.15) is 0 Å². The minimum absolute atomic E-state index is 0.306. The van der Waals surface area contributed by atoms with Crippen molar-refractivity contribution >= 4 is 5.97 Å². The highest BCUT2D eigenvalue weighted by molar-refractivity contribution is 5.66. The predicted octanol–water partition coefficient (Wildman–Crippen LogP) is 2.77. The molecule has 0 saturated carbocycles. The molecular weight excluding hydrogens is 254 g/mol. The van der Waals surface area contributed by atoms with Crippen LogP contribution in [0.3, 0.4) is 0 Å². The molecule has 1 aromatic rings. The molecule has 0 bridgehead atoms. The number of benzene rings is 1. The van der Waals surface area contributed by atoms with E-state index in [0.717, 1.165) is 44.6 Å². The number of carbonyl (C=O) groups is 1. The predicted molar refractivity (Wildman–Crippen MR) is 77.9 cm³/mol. The Kier molecular flexibility index (Phi) is 5.41. The minimum Gasteiger partial charge on any atom is -0.497 e. The lowest BCUT2D eigenvalue weighted by atomic mass is 9.92. The van der Waals surface area contributed by atoms with Gasteiger partial charge in [-0.25, -0.2) is 0 Å². The van der Waals surface area contributed by atoms with Gasteiger partial charge in [0.05, 0.1) is 7.11 Å². The van der Waals surface area contributed by atoms with E-state index in [2.05, 4.69) is 17.0 Å². The van der Waals surface area contributed by atoms with Crippen molar-refractivity contribution < 1.29 is 14.6 Å². The molecule has 1 aliphatic rings. The monoisotopic (exact) mass is 277 g/mol. The first kappa shape index (κ1) is 14.9. The quantitative estimate of drug-likeness (QED) is 0.868. The van der Waals surface area contributed by atoms with Gasteiger partial charge < -0.3 is 9.84 Å². The van der Waals surface area contributed by atoms with Crippen molar-refractivity contribution in [2.24, 2.45) is 5.92 Å². The SMILES string of the molecule is COc1cccc(CN2CCC(CCC(=O)O)CC2)c1. The largest absolute Gasteiger partial charge is 0.497 e. The summed E-state index contributed by atoms with van der Waals surface area (Å²) in [4.78, 5) is 13.0. The van der Waals surface area contributed by atoms with Crippen LogP contribution in [0.2, 0.25) is 0 Å². The molecule has 1 heterocycles. The number of carboxylic acid groups (broad SMARTS) is 1. The highest BCUT2D eigenvalue weighted by Crippen LogP contribution is 2.23. The summed E-state index contributed by atoms with van der Waals surface area (Å²) in [5.41, 5.74) is 1.27. The molecule has 0 aliphatic carbocycles. The first-order valence-corrected chi connectivity index (χ1v) is 7.24. The van der Waals surface area contributed by atoms with E-state index in [1.165, 1.54) is 5.56 Å². The summed E-state index contributed by atoms with van der Waals surface area (Å²) in [7, 11) is 1.69. The fraction of sp³-hybridized carbons (Fsp3) is 0.562. The summed E-state index contributed by atoms with van der Waals surface area (Å²) < 4.78 is 5.24. The molecule has 1 saturated heterocycles. The van der Waals surface area contributed by atoms with Gasteiger partial charge in [-0.15, -0.1) is 0 Å². The number of carboxylic acids is 1. The van der Waals surface area contributed by atoms with Gasteiger partial charge in [-0.3, -0.25) is 9.69 Å². The number of ether oxygens (including phenoxy) is 1. The van der Waals surface area contributed by atoms with Crippen LogP contribution in [0.1, 0.15) is 31.2 Å². The molecule has 1 aliphatic heterocycles. The third-order valence-corrected chi connectivity index (χ3v) is 4.01. The number of hydrogen-bond donors (Lipinski definition) is 1. The summed E-state index contributed by atoms with van der Waals surface area (Å²) >= 11 is 0. The van der Waals surface area contributed by atoms with Gasteiger partial charge in [0.1, 0.15) is 5.75 Å². The number of nitrogens with zero attached hydrogens (tertiary/aromatic N) is 1. The number of rotatable bonds is 6. The van der Waals surface area contributed by atoms with E-state index >= 15 is 0 Å². The van der Waals surface area contributed by atoms with E-state index in [9.17, 15) is 4.79 Å². The zero-order valence-electron chi connectivity index (χ0n) is 12.0. The van der Waals surface area contributed by atoms with Crippen molar-refractivity contribution in [1.29, 1.82) is 0 Å². The number of aliphatic carboxylic acids is 1. The van der Waals surface area contributed by atoms with E-state index in [1.54, 1.807) is 7.11 Å². The number of likely N-dealkylation sites (tertiary alicyclic amines) is 1. The van der Waals surface area contributed by atoms with Crippen LogP contribution in [0, 0.1) is 5.92 Å². The van der Waals surface area contributed by atoms with Crippen LogP contribution in [0.5, 0.6) is 5.75 Å². The Morgan fingerprint density at radius 3 is 2.80 bits per heavy atom. The Labute approximate surface area is 120 Å². The molecular formula is C16H23NO3. The standard InChI is InChI=1S/C16H23NO3/c1-20-15-4-2-3-14(11-15)12-17-9-7-13(8-10-17)5-6-16(18)19/h2-4,11,13H,5-10,12H2,1H3,(H,18,19). The lowest BCUT2D eigenvalue weighted by Gasteiger charge is -2.31. The van der Waals surface area contributed by atoms with E-state index in [0.29, 0.717) is 12.3 Å². The second-order valence-corrected chi connectivity index (χ2v) is 5.50. The molecule has 1 N–H and O–H groups in total. The van der Waals surface area contributed by atoms with Crippen LogP contribution in [-0.4, -0.2) is 36.2 Å². The van der Waals surface area contributed by atoms with Crippen molar-refractivity contribution in [3.8, 4) is 5.75 Å². The molecule has 2 rings (SSSR count). The Morgan fingerprint density at radius 2 is 2.15 bits per heavy atom. The highest BCUT2D eigenvalue weighted by Gasteiger charge is 2.19. The van der Waals surface area contributed by atoms with Crippen molar-refractivity contribution in [3.05, 3.63) is 29.8 Å². The van der Waals surface area contributed by atoms with Crippen LogP contribution in [-0.2, 0) is 11.3 Å². The molecule has 0 spiro atoms. The third-order valence-electron chi connectivity index (χ3n) is 4.01. The molecule has 1 fully saturated rings. The molecule has 0 atom stereocenters. The minimum atomic E-state index is -0.677. The van der Waals surface area contributed by atoms with E-state index in [1.807, 2.05) is 12.1 Å². The molecule has 20 heavy (non-hydrogen) atoms. The second-order valence-electron chi connectivity index (χ2n) is 5.50. The maximum Gasteiger partial charge on any atom is 0.303 e. The van der Waals surface area contributed by atoms with Crippen LogP contribution in [0.25, 0.3) is 0 Å². The number of hydrogen-bond acceptors (Lipinski definition) is 3. The summed E-state index contributed by atoms with van der Waals surface area (Å²) in [6, 6.07) is 8.19. The Morgan fingerprint density at radius 1 is 1.40 bits per heavy atom.